The van der Waals surface area contributed by atoms with Crippen molar-refractivity contribution in [3.63, 3.8) is 0 Å². The lowest BCUT2D eigenvalue weighted by Gasteiger charge is -2.14. The number of hydrogen-bond donors (Lipinski definition) is 1. The lowest BCUT2D eigenvalue weighted by atomic mass is 9.96. The van der Waals surface area contributed by atoms with Gasteiger partial charge in [-0.1, -0.05) is 0 Å². The lowest BCUT2D eigenvalue weighted by Crippen LogP contribution is -2.27. The van der Waals surface area contributed by atoms with Gasteiger partial charge in [-0.05, 0) is 37.6 Å². The zero-order valence-electron chi connectivity index (χ0n) is 8.30. The topological polar surface area (TPSA) is 49.0 Å². The zero-order chi connectivity index (χ0) is 10.6. The Morgan fingerprint density at radius 1 is 1.57 bits per heavy atom. The Hall–Kier alpha value is -0.980. The molecule has 0 amide bonds. The van der Waals surface area contributed by atoms with Crippen LogP contribution in [0.15, 0.2) is 16.5 Å². The van der Waals surface area contributed by atoms with Gasteiger partial charge in [0.05, 0.1) is 18.0 Å². The van der Waals surface area contributed by atoms with Gasteiger partial charge < -0.3 is 9.73 Å². The minimum Gasteiger partial charge on any atom is -0.448 e. The molecule has 1 aromatic rings. The third-order valence-electron chi connectivity index (χ3n) is 1.80. The molecule has 0 spiro atoms. The monoisotopic (exact) mass is 212 g/mol. The summed E-state index contributed by atoms with van der Waals surface area (Å²) < 4.78 is 5.15. The molecule has 0 bridgehead atoms. The number of nitriles is 1. The van der Waals surface area contributed by atoms with Crippen LogP contribution in [0.5, 0.6) is 0 Å². The Kier molecular flexibility index (Phi) is 3.56. The SMILES string of the molecule is CC(C)(C#N)CNCc1ccc(Cl)o1. The molecule has 0 aromatic carbocycles. The van der Waals surface area contributed by atoms with Gasteiger partial charge in [0.15, 0.2) is 5.22 Å². The molecule has 4 heteroatoms. The van der Waals surface area contributed by atoms with Crippen molar-refractivity contribution < 1.29 is 4.42 Å². The molecule has 1 N–H and O–H groups in total. The van der Waals surface area contributed by atoms with Crippen molar-refractivity contribution in [1.29, 1.82) is 5.26 Å². The van der Waals surface area contributed by atoms with Crippen LogP contribution < -0.4 is 5.32 Å². The van der Waals surface area contributed by atoms with Crippen molar-refractivity contribution in [3.8, 4) is 6.07 Å². The summed E-state index contributed by atoms with van der Waals surface area (Å²) >= 11 is 5.61. The second kappa shape index (κ2) is 4.50. The molecule has 0 unspecified atom stereocenters. The summed E-state index contributed by atoms with van der Waals surface area (Å²) in [5.74, 6) is 0.781. The highest BCUT2D eigenvalue weighted by Crippen LogP contribution is 2.14. The smallest absolute Gasteiger partial charge is 0.193 e. The molecule has 0 fully saturated rings. The van der Waals surface area contributed by atoms with Gasteiger partial charge >= 0.3 is 0 Å². The summed E-state index contributed by atoms with van der Waals surface area (Å²) in [5.41, 5.74) is -0.351. The highest BCUT2D eigenvalue weighted by molar-refractivity contribution is 6.28. The Morgan fingerprint density at radius 2 is 2.29 bits per heavy atom. The molecular formula is C10H13ClN2O. The van der Waals surface area contributed by atoms with E-state index in [1.165, 1.54) is 0 Å². The first-order valence-corrected chi connectivity index (χ1v) is 4.77. The molecule has 14 heavy (non-hydrogen) atoms. The predicted octanol–water partition coefficient (Wildman–Crippen LogP) is 2.57. The molecule has 1 rings (SSSR count). The molecule has 76 valence electrons. The molecule has 0 saturated heterocycles. The van der Waals surface area contributed by atoms with Gasteiger partial charge in [-0.15, -0.1) is 0 Å². The first-order valence-electron chi connectivity index (χ1n) is 4.40. The molecule has 0 saturated carbocycles. The van der Waals surface area contributed by atoms with Crippen molar-refractivity contribution in [2.75, 3.05) is 6.54 Å². The van der Waals surface area contributed by atoms with Gasteiger partial charge in [0.1, 0.15) is 5.76 Å². The maximum absolute atomic E-state index is 8.76. The zero-order valence-corrected chi connectivity index (χ0v) is 9.06. The van der Waals surface area contributed by atoms with Crippen LogP contribution in [0.25, 0.3) is 0 Å². The first kappa shape index (κ1) is 11.1. The highest BCUT2D eigenvalue weighted by atomic mass is 35.5. The average Bonchev–Trinajstić information content (AvgIpc) is 2.51. The van der Waals surface area contributed by atoms with E-state index in [1.807, 2.05) is 19.9 Å². The molecule has 1 heterocycles. The van der Waals surface area contributed by atoms with E-state index in [0.29, 0.717) is 18.3 Å². The van der Waals surface area contributed by atoms with Gasteiger partial charge in [0.25, 0.3) is 0 Å². The third-order valence-corrected chi connectivity index (χ3v) is 2.00. The van der Waals surface area contributed by atoms with Gasteiger partial charge in [-0.25, -0.2) is 0 Å². The summed E-state index contributed by atoms with van der Waals surface area (Å²) in [4.78, 5) is 0. The van der Waals surface area contributed by atoms with Crippen molar-refractivity contribution in [2.45, 2.75) is 20.4 Å². The molecule has 3 nitrogen and oxygen atoms in total. The van der Waals surface area contributed by atoms with Crippen LogP contribution >= 0.6 is 11.6 Å². The summed E-state index contributed by atoms with van der Waals surface area (Å²) in [6.07, 6.45) is 0. The predicted molar refractivity (Wildman–Crippen MR) is 54.8 cm³/mol. The van der Waals surface area contributed by atoms with Gasteiger partial charge in [-0.2, -0.15) is 5.26 Å². The fourth-order valence-corrected chi connectivity index (χ4v) is 1.15. The van der Waals surface area contributed by atoms with Crippen LogP contribution in [-0.4, -0.2) is 6.54 Å². The fourth-order valence-electron chi connectivity index (χ4n) is 0.984. The normalized spacial score (nSPS) is 11.3. The van der Waals surface area contributed by atoms with Gasteiger partial charge in [0.2, 0.25) is 0 Å². The number of nitrogens with zero attached hydrogens (tertiary/aromatic N) is 1. The molecule has 0 aliphatic rings. The minimum atomic E-state index is -0.351. The Morgan fingerprint density at radius 3 is 2.79 bits per heavy atom. The molecular weight excluding hydrogens is 200 g/mol. The van der Waals surface area contributed by atoms with E-state index in [2.05, 4.69) is 11.4 Å². The van der Waals surface area contributed by atoms with Crippen molar-refractivity contribution >= 4 is 11.6 Å². The molecule has 1 aromatic heterocycles. The van der Waals surface area contributed by atoms with E-state index < -0.39 is 0 Å². The van der Waals surface area contributed by atoms with E-state index in [4.69, 9.17) is 21.3 Å². The van der Waals surface area contributed by atoms with E-state index in [9.17, 15) is 0 Å². The Bertz CT molecular complexity index is 338. The molecule has 0 radical (unpaired) electrons. The summed E-state index contributed by atoms with van der Waals surface area (Å²) in [5, 5.41) is 12.3. The number of furan rings is 1. The summed E-state index contributed by atoms with van der Waals surface area (Å²) in [6.45, 7) is 4.99. The maximum Gasteiger partial charge on any atom is 0.193 e. The number of hydrogen-bond acceptors (Lipinski definition) is 3. The second-order valence-corrected chi connectivity index (χ2v) is 4.18. The standard InChI is InChI=1S/C10H13ClN2O/c1-10(2,6-12)7-13-5-8-3-4-9(11)14-8/h3-4,13H,5,7H2,1-2H3. The van der Waals surface area contributed by atoms with Crippen molar-refractivity contribution in [1.82, 2.24) is 5.32 Å². The van der Waals surface area contributed by atoms with Crippen molar-refractivity contribution in [3.05, 3.63) is 23.1 Å². The Balaban J connectivity index is 2.33. The molecule has 0 atom stereocenters. The molecule has 0 aliphatic carbocycles. The summed E-state index contributed by atoms with van der Waals surface area (Å²) in [7, 11) is 0. The third kappa shape index (κ3) is 3.41. The second-order valence-electron chi connectivity index (χ2n) is 3.81. The number of rotatable bonds is 4. The van der Waals surface area contributed by atoms with Crippen molar-refractivity contribution in [2.24, 2.45) is 5.41 Å². The fraction of sp³-hybridized carbons (Fsp3) is 0.500. The van der Waals surface area contributed by atoms with Gasteiger partial charge in [-0.3, -0.25) is 0 Å². The largest absolute Gasteiger partial charge is 0.448 e. The first-order chi connectivity index (χ1) is 6.53. The summed E-state index contributed by atoms with van der Waals surface area (Å²) in [6, 6.07) is 5.73. The Labute approximate surface area is 88.7 Å². The average molecular weight is 213 g/mol. The highest BCUT2D eigenvalue weighted by Gasteiger charge is 2.15. The van der Waals surface area contributed by atoms with E-state index in [-0.39, 0.29) is 5.41 Å². The maximum atomic E-state index is 8.76. The number of halogens is 1. The van der Waals surface area contributed by atoms with Gasteiger partial charge in [0, 0.05) is 6.54 Å². The van der Waals surface area contributed by atoms with Crippen LogP contribution in [0, 0.1) is 16.7 Å². The quantitative estimate of drug-likeness (QED) is 0.835. The van der Waals surface area contributed by atoms with E-state index in [1.54, 1.807) is 6.07 Å². The minimum absolute atomic E-state index is 0.351. The van der Waals surface area contributed by atoms with Crippen LogP contribution in [0.2, 0.25) is 5.22 Å². The van der Waals surface area contributed by atoms with Crippen LogP contribution in [0.1, 0.15) is 19.6 Å². The van der Waals surface area contributed by atoms with Crippen LogP contribution in [0.3, 0.4) is 0 Å². The van der Waals surface area contributed by atoms with Crippen LogP contribution in [0.4, 0.5) is 0 Å². The van der Waals surface area contributed by atoms with Crippen LogP contribution in [-0.2, 0) is 6.54 Å². The molecule has 0 aliphatic heterocycles. The lowest BCUT2D eigenvalue weighted by molar-refractivity contribution is 0.417. The number of nitrogens with one attached hydrogen (secondary N) is 1. The van der Waals surface area contributed by atoms with E-state index >= 15 is 0 Å². The van der Waals surface area contributed by atoms with E-state index in [0.717, 1.165) is 5.76 Å².